The lowest BCUT2D eigenvalue weighted by atomic mass is 9.97. The second kappa shape index (κ2) is 8.02. The molecular weight excluding hydrogens is 425 g/mol. The van der Waals surface area contributed by atoms with Crippen molar-refractivity contribution >= 4 is 22.8 Å². The van der Waals surface area contributed by atoms with E-state index in [1.807, 2.05) is 30.3 Å². The molecule has 0 N–H and O–H groups in total. The molecule has 0 aliphatic carbocycles. The zero-order valence-corrected chi connectivity index (χ0v) is 17.6. The van der Waals surface area contributed by atoms with Crippen molar-refractivity contribution in [3.63, 3.8) is 0 Å². The maximum Gasteiger partial charge on any atom is 0.337 e. The van der Waals surface area contributed by atoms with E-state index >= 15 is 0 Å². The van der Waals surface area contributed by atoms with Gasteiger partial charge in [-0.1, -0.05) is 42.5 Å². The number of hydrogen-bond donors (Lipinski definition) is 0. The van der Waals surface area contributed by atoms with Crippen LogP contribution >= 0.6 is 0 Å². The highest BCUT2D eigenvalue weighted by atomic mass is 19.1. The van der Waals surface area contributed by atoms with Gasteiger partial charge in [0.25, 0.3) is 5.91 Å². The number of fused-ring (bicyclic) bond motifs is 2. The maximum atomic E-state index is 13.9. The number of amides is 1. The molecule has 0 bridgehead atoms. The zero-order chi connectivity index (χ0) is 23.1. The molecule has 164 valence electrons. The van der Waals surface area contributed by atoms with Crippen LogP contribution in [0.2, 0.25) is 0 Å². The maximum absolute atomic E-state index is 13.9. The molecule has 0 unspecified atom stereocenters. The number of ether oxygens (including phenoxy) is 1. The van der Waals surface area contributed by atoms with Crippen LogP contribution in [-0.4, -0.2) is 23.9 Å². The van der Waals surface area contributed by atoms with Gasteiger partial charge in [-0.3, -0.25) is 9.59 Å². The first-order chi connectivity index (χ1) is 16.0. The summed E-state index contributed by atoms with van der Waals surface area (Å²) >= 11 is 0. The molecule has 2 heterocycles. The highest BCUT2D eigenvalue weighted by Gasteiger charge is 2.42. The highest BCUT2D eigenvalue weighted by molar-refractivity contribution is 5.99. The summed E-state index contributed by atoms with van der Waals surface area (Å²) in [5.74, 6) is -1.55. The van der Waals surface area contributed by atoms with E-state index in [1.165, 1.54) is 19.2 Å². The highest BCUT2D eigenvalue weighted by Crippen LogP contribution is 2.39. The van der Waals surface area contributed by atoms with E-state index in [-0.39, 0.29) is 28.8 Å². The monoisotopic (exact) mass is 443 g/mol. The van der Waals surface area contributed by atoms with Crippen LogP contribution in [0.4, 0.5) is 4.39 Å². The number of rotatable bonds is 4. The fourth-order valence-electron chi connectivity index (χ4n) is 4.20. The third kappa shape index (κ3) is 3.47. The van der Waals surface area contributed by atoms with E-state index in [4.69, 9.17) is 9.15 Å². The quantitative estimate of drug-likeness (QED) is 0.435. The molecule has 1 aliphatic heterocycles. The van der Waals surface area contributed by atoms with Crippen LogP contribution in [0.1, 0.15) is 43.6 Å². The average Bonchev–Trinajstić information content (AvgIpc) is 3.11. The van der Waals surface area contributed by atoms with E-state index in [2.05, 4.69) is 0 Å². The van der Waals surface area contributed by atoms with Gasteiger partial charge in [-0.25, -0.2) is 9.18 Å². The first-order valence-electron chi connectivity index (χ1n) is 10.3. The number of halogens is 1. The lowest BCUT2D eigenvalue weighted by molar-refractivity contribution is 0.0599. The Morgan fingerprint density at radius 2 is 1.76 bits per heavy atom. The Kier molecular flexibility index (Phi) is 5.01. The van der Waals surface area contributed by atoms with E-state index in [1.54, 1.807) is 29.2 Å². The summed E-state index contributed by atoms with van der Waals surface area (Å²) < 4.78 is 24.5. The number of esters is 1. The van der Waals surface area contributed by atoms with Crippen LogP contribution in [0.15, 0.2) is 82.0 Å². The van der Waals surface area contributed by atoms with Crippen molar-refractivity contribution in [1.82, 2.24) is 4.90 Å². The molecule has 1 atom stereocenters. The van der Waals surface area contributed by atoms with Crippen LogP contribution in [0, 0.1) is 5.82 Å². The van der Waals surface area contributed by atoms with Crippen molar-refractivity contribution < 1.29 is 23.1 Å². The largest absolute Gasteiger partial charge is 0.465 e. The van der Waals surface area contributed by atoms with Gasteiger partial charge in [-0.15, -0.1) is 0 Å². The van der Waals surface area contributed by atoms with Crippen molar-refractivity contribution in [1.29, 1.82) is 0 Å². The average molecular weight is 443 g/mol. The van der Waals surface area contributed by atoms with E-state index < -0.39 is 29.2 Å². The number of carbonyl (C=O) groups excluding carboxylic acids is 2. The Hall–Kier alpha value is -4.26. The SMILES string of the molecule is COC(=O)c1ccc([C@@H]2c3c(oc4ccc(F)cc4c3=O)C(=O)N2Cc2ccccc2)cc1. The molecular formula is C26H18FNO5. The number of nitrogens with zero attached hydrogens (tertiary/aromatic N) is 1. The van der Waals surface area contributed by atoms with Gasteiger partial charge >= 0.3 is 5.97 Å². The topological polar surface area (TPSA) is 76.8 Å². The predicted octanol–water partition coefficient (Wildman–Crippen LogP) is 4.46. The fourth-order valence-corrected chi connectivity index (χ4v) is 4.20. The summed E-state index contributed by atoms with van der Waals surface area (Å²) in [6.45, 7) is 0.234. The van der Waals surface area contributed by atoms with Gasteiger partial charge in [0.1, 0.15) is 11.4 Å². The van der Waals surface area contributed by atoms with E-state index in [9.17, 15) is 18.8 Å². The summed E-state index contributed by atoms with van der Waals surface area (Å²) in [4.78, 5) is 40.3. The predicted molar refractivity (Wildman–Crippen MR) is 118 cm³/mol. The Bertz CT molecular complexity index is 1440. The first kappa shape index (κ1) is 20.6. The van der Waals surface area contributed by atoms with Gasteiger partial charge < -0.3 is 14.1 Å². The van der Waals surface area contributed by atoms with Crippen molar-refractivity contribution in [2.24, 2.45) is 0 Å². The second-order valence-electron chi connectivity index (χ2n) is 7.75. The molecule has 3 aromatic carbocycles. The molecule has 0 saturated heterocycles. The van der Waals surface area contributed by atoms with Crippen LogP contribution in [0.5, 0.6) is 0 Å². The summed E-state index contributed by atoms with van der Waals surface area (Å²) in [7, 11) is 1.29. The fraction of sp³-hybridized carbons (Fsp3) is 0.115. The van der Waals surface area contributed by atoms with E-state index in [0.29, 0.717) is 11.1 Å². The molecule has 4 aromatic rings. The third-order valence-corrected chi connectivity index (χ3v) is 5.77. The molecule has 0 fully saturated rings. The van der Waals surface area contributed by atoms with Gasteiger partial charge in [-0.05, 0) is 41.5 Å². The summed E-state index contributed by atoms with van der Waals surface area (Å²) in [6.07, 6.45) is 0. The lowest BCUT2D eigenvalue weighted by Gasteiger charge is -2.25. The minimum Gasteiger partial charge on any atom is -0.465 e. The summed E-state index contributed by atoms with van der Waals surface area (Å²) in [5, 5.41) is 0.0688. The normalized spacial score (nSPS) is 15.0. The molecule has 0 radical (unpaired) electrons. The van der Waals surface area contributed by atoms with Crippen LogP contribution in [0.25, 0.3) is 11.0 Å². The molecule has 0 saturated carbocycles. The molecule has 1 aliphatic rings. The molecule has 1 aromatic heterocycles. The summed E-state index contributed by atoms with van der Waals surface area (Å²) in [5.41, 5.74) is 1.67. The Labute approximate surface area is 187 Å². The number of methoxy groups -OCH3 is 1. The molecule has 0 spiro atoms. The first-order valence-corrected chi connectivity index (χ1v) is 10.3. The molecule has 5 rings (SSSR count). The molecule has 6 nitrogen and oxygen atoms in total. The van der Waals surface area contributed by atoms with Crippen molar-refractivity contribution in [2.75, 3.05) is 7.11 Å². The van der Waals surface area contributed by atoms with Crippen molar-refractivity contribution in [3.05, 3.63) is 117 Å². The van der Waals surface area contributed by atoms with Crippen molar-refractivity contribution in [3.8, 4) is 0 Å². The van der Waals surface area contributed by atoms with E-state index in [0.717, 1.165) is 11.6 Å². The lowest BCUT2D eigenvalue weighted by Crippen LogP contribution is -2.29. The Balaban J connectivity index is 1.70. The van der Waals surface area contributed by atoms with Crippen LogP contribution in [-0.2, 0) is 11.3 Å². The second-order valence-corrected chi connectivity index (χ2v) is 7.75. The number of carbonyl (C=O) groups is 2. The van der Waals surface area contributed by atoms with Crippen LogP contribution in [0.3, 0.4) is 0 Å². The summed E-state index contributed by atoms with van der Waals surface area (Å²) in [6, 6.07) is 18.8. The molecule has 33 heavy (non-hydrogen) atoms. The Morgan fingerprint density at radius 1 is 1.03 bits per heavy atom. The standard InChI is InChI=1S/C26H18FNO5/c1-32-26(31)17-9-7-16(8-10-17)22-21-23(29)19-13-18(27)11-12-20(19)33-24(21)25(30)28(22)14-15-5-3-2-4-6-15/h2-13,22H,14H2,1H3/t22-/m1/s1. The van der Waals surface area contributed by atoms with Gasteiger partial charge in [0.05, 0.1) is 29.7 Å². The smallest absolute Gasteiger partial charge is 0.337 e. The van der Waals surface area contributed by atoms with Crippen LogP contribution < -0.4 is 5.43 Å². The van der Waals surface area contributed by atoms with Gasteiger partial charge in [0, 0.05) is 6.54 Å². The third-order valence-electron chi connectivity index (χ3n) is 5.77. The van der Waals surface area contributed by atoms with Gasteiger partial charge in [0.2, 0.25) is 5.76 Å². The minimum atomic E-state index is -0.761. The van der Waals surface area contributed by atoms with Gasteiger partial charge in [0.15, 0.2) is 5.43 Å². The van der Waals surface area contributed by atoms with Crippen molar-refractivity contribution in [2.45, 2.75) is 12.6 Å². The van der Waals surface area contributed by atoms with Gasteiger partial charge in [-0.2, -0.15) is 0 Å². The number of benzene rings is 3. The molecule has 1 amide bonds. The zero-order valence-electron chi connectivity index (χ0n) is 17.6. The molecule has 7 heteroatoms. The minimum absolute atomic E-state index is 0.0583. The Morgan fingerprint density at radius 3 is 2.45 bits per heavy atom. The number of hydrogen-bond acceptors (Lipinski definition) is 5.